The third kappa shape index (κ3) is 4.98. The smallest absolute Gasteiger partial charge is 0.282 e. The molecule has 4 rings (SSSR count). The van der Waals surface area contributed by atoms with Crippen molar-refractivity contribution in [3.63, 3.8) is 0 Å². The molecule has 0 atom stereocenters. The van der Waals surface area contributed by atoms with Gasteiger partial charge in [0, 0.05) is 26.4 Å². The lowest BCUT2D eigenvalue weighted by molar-refractivity contribution is 0.465. The topological polar surface area (TPSA) is 60.4 Å². The summed E-state index contributed by atoms with van der Waals surface area (Å²) in [6.45, 7) is 3.95. The number of halogens is 3. The molecule has 0 bridgehead atoms. The van der Waals surface area contributed by atoms with Gasteiger partial charge in [-0.1, -0.05) is 53.1 Å². The van der Waals surface area contributed by atoms with Crippen LogP contribution >= 0.6 is 55.2 Å². The van der Waals surface area contributed by atoms with E-state index in [2.05, 4.69) is 41.9 Å². The number of hydrogen-bond donors (Lipinski definition) is 0. The van der Waals surface area contributed by atoms with Crippen molar-refractivity contribution in [2.45, 2.75) is 29.8 Å². The van der Waals surface area contributed by atoms with Gasteiger partial charge in [0.2, 0.25) is 0 Å². The molecule has 31 heavy (non-hydrogen) atoms. The van der Waals surface area contributed by atoms with Gasteiger partial charge < -0.3 is 4.42 Å². The summed E-state index contributed by atoms with van der Waals surface area (Å²) in [6.07, 6.45) is 1.52. The maximum atomic E-state index is 13.1. The van der Waals surface area contributed by atoms with Crippen LogP contribution in [0.15, 0.2) is 81.8 Å². The van der Waals surface area contributed by atoms with Crippen molar-refractivity contribution < 1.29 is 4.42 Å². The first kappa shape index (κ1) is 22.3. The van der Waals surface area contributed by atoms with Gasteiger partial charge in [0.05, 0.1) is 21.6 Å². The molecule has 0 fully saturated rings. The van der Waals surface area contributed by atoms with Crippen LogP contribution in [-0.4, -0.2) is 15.9 Å². The number of fused-ring (bicyclic) bond motifs is 1. The van der Waals surface area contributed by atoms with Gasteiger partial charge in [0.15, 0.2) is 5.09 Å². The fourth-order valence-electron chi connectivity index (χ4n) is 2.88. The van der Waals surface area contributed by atoms with Gasteiger partial charge >= 0.3 is 0 Å². The van der Waals surface area contributed by atoms with Crippen molar-refractivity contribution in [2.75, 3.05) is 0 Å². The van der Waals surface area contributed by atoms with Crippen LogP contribution in [0.4, 0.5) is 0 Å². The predicted octanol–water partition coefficient (Wildman–Crippen LogP) is 7.32. The van der Waals surface area contributed by atoms with Crippen molar-refractivity contribution in [1.29, 1.82) is 0 Å². The van der Waals surface area contributed by atoms with Crippen molar-refractivity contribution in [3.8, 4) is 0 Å². The number of rotatable bonds is 5. The molecule has 2 aromatic heterocycles. The highest BCUT2D eigenvalue weighted by atomic mass is 79.9. The van der Waals surface area contributed by atoms with Crippen molar-refractivity contribution in [1.82, 2.24) is 9.66 Å². The molecule has 0 aliphatic heterocycles. The lowest BCUT2D eigenvalue weighted by Crippen LogP contribution is -2.23. The van der Waals surface area contributed by atoms with Gasteiger partial charge in [-0.25, -0.2) is 4.98 Å². The minimum Gasteiger partial charge on any atom is -0.447 e. The highest BCUT2D eigenvalue weighted by molar-refractivity contribution is 9.10. The summed E-state index contributed by atoms with van der Waals surface area (Å²) in [4.78, 5) is 18.7. The van der Waals surface area contributed by atoms with E-state index in [-0.39, 0.29) is 11.5 Å². The van der Waals surface area contributed by atoms with E-state index >= 15 is 0 Å². The highest BCUT2D eigenvalue weighted by Crippen LogP contribution is 2.36. The zero-order valence-corrected chi connectivity index (χ0v) is 21.2. The zero-order chi connectivity index (χ0) is 22.1. The van der Waals surface area contributed by atoms with Gasteiger partial charge in [-0.2, -0.15) is 9.78 Å². The molecule has 0 unspecified atom stereocenters. The molecule has 0 spiro atoms. The minimum atomic E-state index is -0.229. The maximum absolute atomic E-state index is 13.1. The zero-order valence-electron chi connectivity index (χ0n) is 16.5. The normalized spacial score (nSPS) is 11.8. The van der Waals surface area contributed by atoms with E-state index in [0.29, 0.717) is 32.6 Å². The molecule has 0 N–H and O–H groups in total. The van der Waals surface area contributed by atoms with Crippen LogP contribution in [0, 0.1) is 0 Å². The number of furan rings is 1. The van der Waals surface area contributed by atoms with Crippen molar-refractivity contribution in [3.05, 3.63) is 84.4 Å². The summed E-state index contributed by atoms with van der Waals surface area (Å²) in [7, 11) is 0. The molecule has 5 nitrogen and oxygen atoms in total. The molecular formula is C22H16Br2ClN3O2S. The monoisotopic (exact) mass is 579 g/mol. The second-order valence-corrected chi connectivity index (χ2v) is 10.2. The van der Waals surface area contributed by atoms with E-state index in [1.54, 1.807) is 6.07 Å². The van der Waals surface area contributed by atoms with Gasteiger partial charge in [0.1, 0.15) is 11.6 Å². The Morgan fingerprint density at radius 3 is 2.61 bits per heavy atom. The predicted molar refractivity (Wildman–Crippen MR) is 133 cm³/mol. The van der Waals surface area contributed by atoms with Gasteiger partial charge in [-0.15, -0.1) is 0 Å². The summed E-state index contributed by atoms with van der Waals surface area (Å²) in [5.74, 6) is 1.11. The molecule has 0 amide bonds. The third-order valence-electron chi connectivity index (χ3n) is 4.35. The number of hydrogen-bond acceptors (Lipinski definition) is 5. The molecular weight excluding hydrogens is 566 g/mol. The fraction of sp³-hybridized carbons (Fsp3) is 0.136. The number of nitrogens with zero attached hydrogens (tertiary/aromatic N) is 3. The van der Waals surface area contributed by atoms with E-state index in [1.165, 1.54) is 22.7 Å². The molecule has 0 aliphatic carbocycles. The SMILES string of the molecule is CC(C)c1nc2ccc(Br)cc2c(=O)n1N=Cc1cc(Br)c(Sc2ccc(Cl)cc2)o1. The van der Waals surface area contributed by atoms with Gasteiger partial charge in [0.25, 0.3) is 5.56 Å². The first-order valence-electron chi connectivity index (χ1n) is 9.31. The number of benzene rings is 2. The van der Waals surface area contributed by atoms with E-state index in [1.807, 2.05) is 56.3 Å². The van der Waals surface area contributed by atoms with E-state index in [9.17, 15) is 4.79 Å². The summed E-state index contributed by atoms with van der Waals surface area (Å²) in [5, 5.41) is 6.27. The van der Waals surface area contributed by atoms with E-state index < -0.39 is 0 Å². The molecule has 2 aromatic carbocycles. The Morgan fingerprint density at radius 2 is 1.90 bits per heavy atom. The third-order valence-corrected chi connectivity index (χ3v) is 6.94. The Morgan fingerprint density at radius 1 is 1.16 bits per heavy atom. The molecule has 4 aromatic rings. The first-order valence-corrected chi connectivity index (χ1v) is 12.1. The summed E-state index contributed by atoms with van der Waals surface area (Å²) < 4.78 is 8.85. The molecule has 0 aliphatic rings. The Hall–Kier alpha value is -1.87. The van der Waals surface area contributed by atoms with Crippen LogP contribution in [0.2, 0.25) is 5.02 Å². The lowest BCUT2D eigenvalue weighted by Gasteiger charge is -2.11. The Balaban J connectivity index is 1.70. The summed E-state index contributed by atoms with van der Waals surface area (Å²) in [6, 6.07) is 14.8. The first-order chi connectivity index (χ1) is 14.8. The van der Waals surface area contributed by atoms with Crippen molar-refractivity contribution in [2.24, 2.45) is 5.10 Å². The van der Waals surface area contributed by atoms with Crippen LogP contribution in [0.1, 0.15) is 31.4 Å². The second kappa shape index (κ2) is 9.32. The molecule has 0 saturated heterocycles. The van der Waals surface area contributed by atoms with Crippen LogP contribution < -0.4 is 5.56 Å². The average molecular weight is 582 g/mol. The van der Waals surface area contributed by atoms with E-state index in [0.717, 1.165) is 13.8 Å². The molecule has 158 valence electrons. The van der Waals surface area contributed by atoms with E-state index in [4.69, 9.17) is 16.0 Å². The molecule has 0 radical (unpaired) electrons. The van der Waals surface area contributed by atoms with Crippen LogP contribution in [0.25, 0.3) is 10.9 Å². The molecule has 9 heteroatoms. The Labute approximate surface area is 204 Å². The highest BCUT2D eigenvalue weighted by Gasteiger charge is 2.15. The second-order valence-electron chi connectivity index (χ2n) is 6.99. The van der Waals surface area contributed by atoms with Gasteiger partial charge in [-0.3, -0.25) is 4.79 Å². The van der Waals surface area contributed by atoms with Crippen LogP contribution in [0.3, 0.4) is 0 Å². The lowest BCUT2D eigenvalue weighted by atomic mass is 10.2. The number of aromatic nitrogens is 2. The average Bonchev–Trinajstić information content (AvgIpc) is 3.08. The summed E-state index contributed by atoms with van der Waals surface area (Å²) >= 11 is 14.3. The van der Waals surface area contributed by atoms with Crippen LogP contribution in [0.5, 0.6) is 0 Å². The molecule has 2 heterocycles. The fourth-order valence-corrected chi connectivity index (χ4v) is 4.69. The largest absolute Gasteiger partial charge is 0.447 e. The van der Waals surface area contributed by atoms with Gasteiger partial charge in [-0.05, 0) is 58.4 Å². The quantitative estimate of drug-likeness (QED) is 0.232. The Bertz CT molecular complexity index is 1350. The Kier molecular flexibility index (Phi) is 6.71. The minimum absolute atomic E-state index is 0.0113. The van der Waals surface area contributed by atoms with Crippen molar-refractivity contribution >= 4 is 72.3 Å². The molecule has 0 saturated carbocycles. The maximum Gasteiger partial charge on any atom is 0.282 e. The summed E-state index contributed by atoms with van der Waals surface area (Å²) in [5.41, 5.74) is 0.415. The van der Waals surface area contributed by atoms with Crippen LogP contribution in [-0.2, 0) is 0 Å². The standard InChI is InChI=1S/C22H16Br2ClN3O2S/c1-12(2)20-27-19-8-3-13(23)9-17(19)21(29)28(20)26-11-15-10-18(24)22(30-15)31-16-6-4-14(25)5-7-16/h3-12H,1-2H3.